The van der Waals surface area contributed by atoms with E-state index in [4.69, 9.17) is 0 Å². The van der Waals surface area contributed by atoms with Crippen molar-refractivity contribution in [1.29, 1.82) is 0 Å². The minimum Gasteiger partial charge on any atom is -0.342 e. The lowest BCUT2D eigenvalue weighted by Crippen LogP contribution is -3.07. The Morgan fingerprint density at radius 3 is 2.00 bits per heavy atom. The summed E-state index contributed by atoms with van der Waals surface area (Å²) < 4.78 is 0. The molecule has 0 unspecified atom stereocenters. The van der Waals surface area contributed by atoms with E-state index in [9.17, 15) is 4.79 Å². The van der Waals surface area contributed by atoms with Gasteiger partial charge in [0.15, 0.2) is 0 Å². The van der Waals surface area contributed by atoms with Gasteiger partial charge in [0.2, 0.25) is 5.91 Å². The second kappa shape index (κ2) is 2.63. The zero-order valence-corrected chi connectivity index (χ0v) is 11.9. The van der Waals surface area contributed by atoms with Gasteiger partial charge in [0.1, 0.15) is 0 Å². The molecule has 0 N–H and O–H groups in total. The van der Waals surface area contributed by atoms with Gasteiger partial charge >= 0.3 is 0 Å². The number of amides is 1. The number of likely N-dealkylation sites (tertiary alicyclic amines) is 1. The van der Waals surface area contributed by atoms with E-state index in [0.717, 1.165) is 66.4 Å². The minimum absolute atomic E-state index is 0.249. The van der Waals surface area contributed by atoms with Gasteiger partial charge in [0.25, 0.3) is 0 Å². The highest BCUT2D eigenvalue weighted by atomic mass is 16.2. The molecule has 6 aliphatic carbocycles. The molecule has 2 nitrogen and oxygen atoms in total. The van der Waals surface area contributed by atoms with Crippen LogP contribution in [0.3, 0.4) is 0 Å². The first-order valence-corrected chi connectivity index (χ1v) is 8.48. The van der Waals surface area contributed by atoms with Crippen LogP contribution in [0.15, 0.2) is 0 Å². The van der Waals surface area contributed by atoms with Crippen LogP contribution in [0.25, 0.3) is 0 Å². The zero-order valence-electron chi connectivity index (χ0n) is 11.9. The fourth-order valence-electron chi connectivity index (χ4n) is 7.90. The van der Waals surface area contributed by atoms with Crippen LogP contribution in [0.5, 0.6) is 0 Å². The maximum atomic E-state index is 13.0. The molecule has 19 heavy (non-hydrogen) atoms. The maximum absolute atomic E-state index is 13.0. The second-order valence-corrected chi connectivity index (χ2v) is 8.69. The van der Waals surface area contributed by atoms with Crippen molar-refractivity contribution in [2.45, 2.75) is 26.7 Å². The van der Waals surface area contributed by atoms with Gasteiger partial charge in [0, 0.05) is 13.1 Å². The van der Waals surface area contributed by atoms with Crippen LogP contribution in [-0.4, -0.2) is 23.9 Å². The molecule has 6 saturated carbocycles. The van der Waals surface area contributed by atoms with E-state index in [1.807, 2.05) is 0 Å². The van der Waals surface area contributed by atoms with E-state index in [1.54, 1.807) is 0 Å². The molecular weight excluding hydrogens is 234 g/mol. The van der Waals surface area contributed by atoms with Crippen molar-refractivity contribution in [3.05, 3.63) is 0 Å². The molecule has 102 valence electrons. The van der Waals surface area contributed by atoms with E-state index < -0.39 is 0 Å². The Balaban J connectivity index is 1.21. The van der Waals surface area contributed by atoms with E-state index in [0.29, 0.717) is 5.91 Å². The molecule has 7 rings (SSSR count). The standard InChI is InChI=1S/C17H23NO/c1-7(2)8-3-5-18(6-4-8)16(19)17-13-10-9-11(13)15(17)12(9)14(10)17/h7-15H,3-6H2,1-2H3. The van der Waals surface area contributed by atoms with Crippen molar-refractivity contribution < 1.29 is 4.79 Å². The monoisotopic (exact) mass is 257 g/mol. The Hall–Kier alpha value is -0.530. The molecule has 0 radical (unpaired) electrons. The molecule has 0 spiro atoms. The Kier molecular flexibility index (Phi) is 1.42. The quantitative estimate of drug-likeness (QED) is 0.743. The number of hydrogen-bond acceptors (Lipinski definition) is 1. The number of carbonyl (C=O) groups excluding carboxylic acids is 1. The largest absolute Gasteiger partial charge is 0.342 e. The number of hydrogen-bond donors (Lipinski definition) is 0. The number of rotatable bonds is 2. The van der Waals surface area contributed by atoms with Gasteiger partial charge in [0.05, 0.1) is 5.41 Å². The summed E-state index contributed by atoms with van der Waals surface area (Å²) >= 11 is 0. The van der Waals surface area contributed by atoms with Gasteiger partial charge in [-0.3, -0.25) is 4.79 Å². The van der Waals surface area contributed by atoms with Gasteiger partial charge in [-0.1, -0.05) is 13.8 Å². The van der Waals surface area contributed by atoms with Crippen LogP contribution in [0.1, 0.15) is 26.7 Å². The lowest BCUT2D eigenvalue weighted by atomic mass is 8.96. The first-order chi connectivity index (χ1) is 9.19. The lowest BCUT2D eigenvalue weighted by molar-refractivity contribution is -0.597. The summed E-state index contributed by atoms with van der Waals surface area (Å²) in [5.74, 6) is 9.15. The van der Waals surface area contributed by atoms with Gasteiger partial charge in [-0.2, -0.15) is 0 Å². The smallest absolute Gasteiger partial charge is 0.229 e. The van der Waals surface area contributed by atoms with Crippen LogP contribution < -0.4 is 0 Å². The summed E-state index contributed by atoms with van der Waals surface area (Å²) in [7, 11) is 0. The molecule has 7 aliphatic rings. The molecule has 1 heterocycles. The maximum Gasteiger partial charge on any atom is 0.229 e. The first-order valence-electron chi connectivity index (χ1n) is 8.48. The average molecular weight is 257 g/mol. The highest BCUT2D eigenvalue weighted by molar-refractivity contribution is 5.91. The summed E-state index contributed by atoms with van der Waals surface area (Å²) in [5, 5.41) is 0. The minimum atomic E-state index is 0.249. The number of piperidine rings is 1. The molecule has 1 aliphatic heterocycles. The molecular formula is C17H23NO. The number of nitrogens with zero attached hydrogens (tertiary/aromatic N) is 1. The van der Waals surface area contributed by atoms with E-state index in [1.165, 1.54) is 12.8 Å². The zero-order chi connectivity index (χ0) is 12.7. The van der Waals surface area contributed by atoms with E-state index in [2.05, 4.69) is 18.7 Å². The van der Waals surface area contributed by atoms with Crippen molar-refractivity contribution >= 4 is 5.91 Å². The Morgan fingerprint density at radius 1 is 1.00 bits per heavy atom. The molecule has 0 aromatic carbocycles. The van der Waals surface area contributed by atoms with E-state index >= 15 is 0 Å². The summed E-state index contributed by atoms with van der Waals surface area (Å²) in [4.78, 5) is 15.2. The molecule has 0 aromatic rings. The van der Waals surface area contributed by atoms with Crippen molar-refractivity contribution in [1.82, 2.24) is 4.90 Å². The fraction of sp³-hybridized carbons (Fsp3) is 0.941. The van der Waals surface area contributed by atoms with Crippen molar-refractivity contribution in [3.8, 4) is 0 Å². The highest BCUT2D eigenvalue weighted by Crippen LogP contribution is 3.06. The summed E-state index contributed by atoms with van der Waals surface area (Å²) in [6, 6.07) is 0. The third-order valence-electron chi connectivity index (χ3n) is 8.62. The molecule has 1 saturated heterocycles. The molecule has 7 fully saturated rings. The van der Waals surface area contributed by atoms with Crippen molar-refractivity contribution in [2.75, 3.05) is 13.1 Å². The van der Waals surface area contributed by atoms with E-state index in [-0.39, 0.29) is 5.41 Å². The van der Waals surface area contributed by atoms with Crippen molar-refractivity contribution in [3.63, 3.8) is 0 Å². The molecule has 0 aromatic heterocycles. The molecule has 1 amide bonds. The van der Waals surface area contributed by atoms with Crippen LogP contribution >= 0.6 is 0 Å². The predicted octanol–water partition coefficient (Wildman–Crippen LogP) is 2.25. The van der Waals surface area contributed by atoms with Crippen LogP contribution in [0.4, 0.5) is 0 Å². The molecule has 2 heteroatoms. The average Bonchev–Trinajstić information content (AvgIpc) is 2.47. The Labute approximate surface area is 114 Å². The number of carbonyl (C=O) groups is 1. The summed E-state index contributed by atoms with van der Waals surface area (Å²) in [6.45, 7) is 6.78. The SMILES string of the molecule is CC(C)C1CCN(C(=O)C23C4C5C6C4C2C6C53)CC1. The highest BCUT2D eigenvalue weighted by Gasteiger charge is 3.06. The third-order valence-corrected chi connectivity index (χ3v) is 8.62. The van der Waals surface area contributed by atoms with Gasteiger partial charge < -0.3 is 4.90 Å². The molecule has 0 atom stereocenters. The van der Waals surface area contributed by atoms with Gasteiger partial charge in [-0.15, -0.1) is 0 Å². The summed E-state index contributed by atoms with van der Waals surface area (Å²) in [5.41, 5.74) is 0.249. The first kappa shape index (κ1) is 10.2. The fourth-order valence-corrected chi connectivity index (χ4v) is 7.90. The topological polar surface area (TPSA) is 20.3 Å². The van der Waals surface area contributed by atoms with Crippen LogP contribution in [0, 0.1) is 58.7 Å². The predicted molar refractivity (Wildman–Crippen MR) is 71.0 cm³/mol. The normalized spacial score (nSPS) is 62.5. The second-order valence-electron chi connectivity index (χ2n) is 8.69. The van der Waals surface area contributed by atoms with Crippen LogP contribution in [0.2, 0.25) is 0 Å². The Bertz CT molecular complexity index is 451. The summed E-state index contributed by atoms with van der Waals surface area (Å²) in [6.07, 6.45) is 2.50. The van der Waals surface area contributed by atoms with Gasteiger partial charge in [-0.25, -0.2) is 0 Å². The third kappa shape index (κ3) is 0.697. The van der Waals surface area contributed by atoms with Gasteiger partial charge in [-0.05, 0) is 66.1 Å². The lowest BCUT2D eigenvalue weighted by Gasteiger charge is -3.06. The molecule has 0 bridgehead atoms. The Morgan fingerprint density at radius 2 is 1.53 bits per heavy atom. The van der Waals surface area contributed by atoms with Crippen molar-refractivity contribution in [2.24, 2.45) is 58.7 Å². The van der Waals surface area contributed by atoms with Crippen LogP contribution in [-0.2, 0) is 4.79 Å².